The summed E-state index contributed by atoms with van der Waals surface area (Å²) in [4.78, 5) is 12.6. The van der Waals surface area contributed by atoms with Crippen molar-refractivity contribution in [1.82, 2.24) is 0 Å². The lowest BCUT2D eigenvalue weighted by Crippen LogP contribution is -2.28. The Morgan fingerprint density at radius 3 is 2.30 bits per heavy atom. The van der Waals surface area contributed by atoms with Crippen LogP contribution in [0, 0.1) is 0 Å². The van der Waals surface area contributed by atoms with Gasteiger partial charge in [-0.05, 0) is 42.5 Å². The molecule has 0 saturated heterocycles. The van der Waals surface area contributed by atoms with Crippen molar-refractivity contribution in [3.8, 4) is 0 Å². The summed E-state index contributed by atoms with van der Waals surface area (Å²) in [7, 11) is -2.47. The molecule has 0 heterocycles. The third kappa shape index (κ3) is 4.13. The SMILES string of the molecule is CN(c1ccccc1)S(=O)(=O)c1ccccc1C(=O)Nc1cccc(Cl)c1. The first-order valence-electron chi connectivity index (χ1n) is 8.09. The summed E-state index contributed by atoms with van der Waals surface area (Å²) in [6.45, 7) is 0. The van der Waals surface area contributed by atoms with E-state index in [0.717, 1.165) is 4.31 Å². The molecule has 1 amide bonds. The van der Waals surface area contributed by atoms with Gasteiger partial charge >= 0.3 is 0 Å². The molecule has 1 N–H and O–H groups in total. The summed E-state index contributed by atoms with van der Waals surface area (Å²) in [6, 6.07) is 21.4. The van der Waals surface area contributed by atoms with E-state index in [1.54, 1.807) is 66.7 Å². The van der Waals surface area contributed by atoms with Crippen LogP contribution in [-0.4, -0.2) is 21.4 Å². The zero-order valence-corrected chi connectivity index (χ0v) is 16.0. The average molecular weight is 401 g/mol. The van der Waals surface area contributed by atoms with Gasteiger partial charge in [-0.2, -0.15) is 0 Å². The average Bonchev–Trinajstić information content (AvgIpc) is 2.68. The molecule has 3 rings (SSSR count). The summed E-state index contributed by atoms with van der Waals surface area (Å²) >= 11 is 5.93. The van der Waals surface area contributed by atoms with Crippen molar-refractivity contribution in [2.45, 2.75) is 4.90 Å². The highest BCUT2D eigenvalue weighted by molar-refractivity contribution is 7.92. The van der Waals surface area contributed by atoms with Crippen molar-refractivity contribution >= 4 is 38.9 Å². The van der Waals surface area contributed by atoms with E-state index in [1.165, 1.54) is 19.2 Å². The van der Waals surface area contributed by atoms with Crippen molar-refractivity contribution in [3.05, 3.63) is 89.4 Å². The fourth-order valence-corrected chi connectivity index (χ4v) is 4.14. The van der Waals surface area contributed by atoms with Crippen LogP contribution in [0.5, 0.6) is 0 Å². The first kappa shape index (κ1) is 18.9. The predicted molar refractivity (Wildman–Crippen MR) is 108 cm³/mol. The monoisotopic (exact) mass is 400 g/mol. The predicted octanol–water partition coefficient (Wildman–Crippen LogP) is 4.42. The molecule has 0 radical (unpaired) electrons. The second kappa shape index (κ2) is 7.82. The molecule has 0 saturated carbocycles. The van der Waals surface area contributed by atoms with E-state index in [-0.39, 0.29) is 10.5 Å². The molecule has 0 spiro atoms. The number of para-hydroxylation sites is 1. The normalized spacial score (nSPS) is 11.0. The largest absolute Gasteiger partial charge is 0.322 e. The van der Waals surface area contributed by atoms with E-state index < -0.39 is 15.9 Å². The van der Waals surface area contributed by atoms with Crippen molar-refractivity contribution in [2.75, 3.05) is 16.7 Å². The van der Waals surface area contributed by atoms with Crippen LogP contribution in [0.3, 0.4) is 0 Å². The number of hydrogen-bond donors (Lipinski definition) is 1. The maximum atomic E-state index is 13.1. The highest BCUT2D eigenvalue weighted by Gasteiger charge is 2.26. The summed E-state index contributed by atoms with van der Waals surface area (Å²) in [5.74, 6) is -0.530. The minimum absolute atomic E-state index is 0.0558. The molecule has 0 bridgehead atoms. The van der Waals surface area contributed by atoms with Crippen LogP contribution in [0.1, 0.15) is 10.4 Å². The summed E-state index contributed by atoms with van der Waals surface area (Å²) < 4.78 is 27.3. The van der Waals surface area contributed by atoms with E-state index >= 15 is 0 Å². The molecule has 5 nitrogen and oxygen atoms in total. The van der Waals surface area contributed by atoms with E-state index in [9.17, 15) is 13.2 Å². The lowest BCUT2D eigenvalue weighted by Gasteiger charge is -2.21. The van der Waals surface area contributed by atoms with Gasteiger partial charge in [0.2, 0.25) is 0 Å². The number of halogens is 1. The number of benzene rings is 3. The second-order valence-corrected chi connectivity index (χ2v) is 8.14. The van der Waals surface area contributed by atoms with Crippen LogP contribution >= 0.6 is 11.6 Å². The molecular formula is C20H17ClN2O3S. The Hall–Kier alpha value is -2.83. The van der Waals surface area contributed by atoms with E-state index in [2.05, 4.69) is 5.32 Å². The Balaban J connectivity index is 1.97. The number of amides is 1. The third-order valence-corrected chi connectivity index (χ3v) is 6.05. The molecule has 0 unspecified atom stereocenters. The van der Waals surface area contributed by atoms with Gasteiger partial charge in [-0.25, -0.2) is 8.42 Å². The van der Waals surface area contributed by atoms with Crippen LogP contribution < -0.4 is 9.62 Å². The molecule has 0 aliphatic heterocycles. The molecule has 138 valence electrons. The van der Waals surface area contributed by atoms with Gasteiger partial charge in [0.05, 0.1) is 11.3 Å². The first-order chi connectivity index (χ1) is 12.9. The Bertz CT molecular complexity index is 1070. The zero-order chi connectivity index (χ0) is 19.4. The number of anilines is 2. The Morgan fingerprint density at radius 2 is 1.59 bits per heavy atom. The minimum Gasteiger partial charge on any atom is -0.322 e. The Morgan fingerprint density at radius 1 is 0.926 bits per heavy atom. The number of rotatable bonds is 5. The zero-order valence-electron chi connectivity index (χ0n) is 14.5. The van der Waals surface area contributed by atoms with Gasteiger partial charge in [-0.3, -0.25) is 9.10 Å². The minimum atomic E-state index is -3.92. The Labute approximate surface area is 163 Å². The molecule has 27 heavy (non-hydrogen) atoms. The van der Waals surface area contributed by atoms with Crippen LogP contribution in [-0.2, 0) is 10.0 Å². The molecule has 0 aliphatic rings. The first-order valence-corrected chi connectivity index (χ1v) is 9.91. The quantitative estimate of drug-likeness (QED) is 0.689. The van der Waals surface area contributed by atoms with E-state index in [4.69, 9.17) is 11.6 Å². The fraction of sp³-hybridized carbons (Fsp3) is 0.0500. The highest BCUT2D eigenvalue weighted by atomic mass is 35.5. The number of sulfonamides is 1. The van der Waals surface area contributed by atoms with Gasteiger partial charge in [0, 0.05) is 17.8 Å². The number of nitrogens with zero attached hydrogens (tertiary/aromatic N) is 1. The smallest absolute Gasteiger partial charge is 0.264 e. The van der Waals surface area contributed by atoms with Gasteiger partial charge in [0.25, 0.3) is 15.9 Å². The molecule has 3 aromatic rings. The van der Waals surface area contributed by atoms with Crippen molar-refractivity contribution in [2.24, 2.45) is 0 Å². The van der Waals surface area contributed by atoms with Gasteiger partial charge in [-0.1, -0.05) is 48.0 Å². The highest BCUT2D eigenvalue weighted by Crippen LogP contribution is 2.25. The van der Waals surface area contributed by atoms with Crippen LogP contribution in [0.15, 0.2) is 83.8 Å². The summed E-state index contributed by atoms with van der Waals surface area (Å²) in [5.41, 5.74) is 1.04. The number of carbonyl (C=O) groups excluding carboxylic acids is 1. The number of carbonyl (C=O) groups is 1. The number of hydrogen-bond acceptors (Lipinski definition) is 3. The molecular weight excluding hydrogens is 384 g/mol. The van der Waals surface area contributed by atoms with Crippen molar-refractivity contribution < 1.29 is 13.2 Å². The van der Waals surface area contributed by atoms with Crippen molar-refractivity contribution in [3.63, 3.8) is 0 Å². The fourth-order valence-electron chi connectivity index (χ4n) is 2.57. The van der Waals surface area contributed by atoms with Gasteiger partial charge in [0.1, 0.15) is 4.90 Å². The second-order valence-electron chi connectivity index (χ2n) is 5.77. The maximum absolute atomic E-state index is 13.1. The van der Waals surface area contributed by atoms with Gasteiger partial charge in [-0.15, -0.1) is 0 Å². The Kier molecular flexibility index (Phi) is 5.48. The number of nitrogens with one attached hydrogen (secondary N) is 1. The topological polar surface area (TPSA) is 66.5 Å². The maximum Gasteiger partial charge on any atom is 0.264 e. The molecule has 0 aromatic heterocycles. The molecule has 0 aliphatic carbocycles. The molecule has 3 aromatic carbocycles. The van der Waals surface area contributed by atoms with Gasteiger partial charge in [0.15, 0.2) is 0 Å². The summed E-state index contributed by atoms with van der Waals surface area (Å²) in [6.07, 6.45) is 0. The lowest BCUT2D eigenvalue weighted by molar-refractivity contribution is 0.102. The molecule has 0 fully saturated rings. The van der Waals surface area contributed by atoms with E-state index in [0.29, 0.717) is 16.4 Å². The molecule has 0 atom stereocenters. The standard InChI is InChI=1S/C20H17ClN2O3S/c1-23(17-10-3-2-4-11-17)27(25,26)19-13-6-5-12-18(19)20(24)22-16-9-7-8-15(21)14-16/h2-14H,1H3,(H,22,24). The van der Waals surface area contributed by atoms with Crippen molar-refractivity contribution in [1.29, 1.82) is 0 Å². The van der Waals surface area contributed by atoms with E-state index in [1.807, 2.05) is 0 Å². The van der Waals surface area contributed by atoms with Crippen LogP contribution in [0.2, 0.25) is 5.02 Å². The summed E-state index contributed by atoms with van der Waals surface area (Å²) in [5, 5.41) is 3.15. The van der Waals surface area contributed by atoms with Gasteiger partial charge < -0.3 is 5.32 Å². The third-order valence-electron chi connectivity index (χ3n) is 3.97. The molecule has 7 heteroatoms. The lowest BCUT2D eigenvalue weighted by atomic mass is 10.2. The van der Waals surface area contributed by atoms with Crippen LogP contribution in [0.25, 0.3) is 0 Å². The van der Waals surface area contributed by atoms with Crippen LogP contribution in [0.4, 0.5) is 11.4 Å².